The molecule has 1 fully saturated rings. The minimum Gasteiger partial charge on any atom is -0.487 e. The van der Waals surface area contributed by atoms with Gasteiger partial charge in [0.25, 0.3) is 5.56 Å². The molecule has 0 radical (unpaired) electrons. The van der Waals surface area contributed by atoms with E-state index in [1.165, 1.54) is 6.07 Å². The predicted molar refractivity (Wildman–Crippen MR) is 100 cm³/mol. The van der Waals surface area contributed by atoms with E-state index < -0.39 is 16.8 Å². The number of ether oxygens (including phenoxy) is 1. The number of pyridine rings is 1. The Morgan fingerprint density at radius 2 is 2.26 bits per heavy atom. The third-order valence-electron chi connectivity index (χ3n) is 5.21. The second kappa shape index (κ2) is 5.56. The highest BCUT2D eigenvalue weighted by atomic mass is 32.1. The van der Waals surface area contributed by atoms with Crippen molar-refractivity contribution in [2.75, 3.05) is 24.6 Å². The maximum absolute atomic E-state index is 15.1. The van der Waals surface area contributed by atoms with Crippen molar-refractivity contribution in [3.05, 3.63) is 32.5 Å². The molecular weight excluding hydrogens is 375 g/mol. The van der Waals surface area contributed by atoms with Gasteiger partial charge in [-0.15, -0.1) is 0 Å². The van der Waals surface area contributed by atoms with E-state index in [9.17, 15) is 9.59 Å². The number of anilines is 1. The lowest BCUT2D eigenvalue weighted by Crippen LogP contribution is -2.28. The molecule has 140 valence electrons. The zero-order chi connectivity index (χ0) is 18.9. The highest BCUT2D eigenvalue weighted by molar-refractivity contribution is 7.12. The van der Waals surface area contributed by atoms with Crippen LogP contribution in [0.5, 0.6) is 5.75 Å². The molecule has 3 aromatic rings. The normalized spacial score (nSPS) is 20.7. The van der Waals surface area contributed by atoms with E-state index in [-0.39, 0.29) is 35.7 Å². The summed E-state index contributed by atoms with van der Waals surface area (Å²) in [5.74, 6) is -0.303. The number of aromatic nitrogens is 2. The third kappa shape index (κ3) is 2.10. The number of hydrogen-bond donors (Lipinski definition) is 2. The highest BCUT2D eigenvalue weighted by Crippen LogP contribution is 2.43. The minimum absolute atomic E-state index is 0.0511. The molecule has 2 N–H and O–H groups in total. The summed E-state index contributed by atoms with van der Waals surface area (Å²) in [6.45, 7) is 2.98. The number of benzene rings is 1. The van der Waals surface area contributed by atoms with E-state index in [0.717, 1.165) is 11.5 Å². The molecule has 4 heterocycles. The van der Waals surface area contributed by atoms with Crippen LogP contribution in [0.1, 0.15) is 19.4 Å². The Labute approximate surface area is 155 Å². The molecule has 8 nitrogen and oxygen atoms in total. The first-order valence-corrected chi connectivity index (χ1v) is 9.32. The minimum atomic E-state index is -0.596. The van der Waals surface area contributed by atoms with E-state index in [1.807, 2.05) is 11.5 Å². The molecule has 0 amide bonds. The first-order chi connectivity index (χ1) is 13.0. The molecule has 2 aliphatic heterocycles. The van der Waals surface area contributed by atoms with Gasteiger partial charge in [-0.05, 0) is 24.5 Å². The summed E-state index contributed by atoms with van der Waals surface area (Å²) in [4.78, 5) is 27.3. The van der Waals surface area contributed by atoms with E-state index >= 15 is 4.39 Å². The van der Waals surface area contributed by atoms with Crippen LogP contribution in [0.15, 0.2) is 20.8 Å². The second-order valence-electron chi connectivity index (χ2n) is 6.84. The lowest BCUT2D eigenvalue weighted by molar-refractivity contribution is 0.250. The van der Waals surface area contributed by atoms with Crippen LogP contribution in [0.3, 0.4) is 0 Å². The van der Waals surface area contributed by atoms with Crippen molar-refractivity contribution in [2.24, 2.45) is 5.16 Å². The van der Waals surface area contributed by atoms with Crippen LogP contribution < -0.4 is 20.6 Å². The molecule has 1 atom stereocenters. The maximum atomic E-state index is 15.1. The van der Waals surface area contributed by atoms with Crippen molar-refractivity contribution in [1.29, 1.82) is 0 Å². The molecule has 2 aliphatic rings. The Bertz CT molecular complexity index is 1260. The van der Waals surface area contributed by atoms with Gasteiger partial charge in [0.05, 0.1) is 29.2 Å². The molecule has 5 rings (SSSR count). The van der Waals surface area contributed by atoms with Gasteiger partial charge in [0, 0.05) is 13.0 Å². The van der Waals surface area contributed by atoms with Crippen molar-refractivity contribution >= 4 is 44.1 Å². The number of halogens is 1. The van der Waals surface area contributed by atoms with Crippen molar-refractivity contribution in [3.8, 4) is 5.75 Å². The lowest BCUT2D eigenvalue weighted by atomic mass is 10.1. The predicted octanol–water partition coefficient (Wildman–Crippen LogP) is 2.04. The summed E-state index contributed by atoms with van der Waals surface area (Å²) in [5, 5.41) is 12.4. The molecule has 10 heteroatoms. The van der Waals surface area contributed by atoms with Crippen LogP contribution >= 0.6 is 11.5 Å². The lowest BCUT2D eigenvalue weighted by Gasteiger charge is -2.31. The van der Waals surface area contributed by atoms with Crippen molar-refractivity contribution < 1.29 is 14.3 Å². The van der Waals surface area contributed by atoms with Crippen LogP contribution in [0, 0.1) is 5.82 Å². The Hall–Kier alpha value is -2.88. The summed E-state index contributed by atoms with van der Waals surface area (Å²) in [6.07, 6.45) is 0.523. The Kier molecular flexibility index (Phi) is 3.36. The van der Waals surface area contributed by atoms with Crippen LogP contribution in [0.2, 0.25) is 0 Å². The second-order valence-corrected chi connectivity index (χ2v) is 7.64. The molecule has 27 heavy (non-hydrogen) atoms. The maximum Gasteiger partial charge on any atom is 0.271 e. The molecule has 0 aliphatic carbocycles. The Morgan fingerprint density at radius 1 is 1.44 bits per heavy atom. The smallest absolute Gasteiger partial charge is 0.271 e. The average molecular weight is 390 g/mol. The first-order valence-electron chi connectivity index (χ1n) is 8.50. The molecule has 0 unspecified atom stereocenters. The fourth-order valence-electron chi connectivity index (χ4n) is 3.96. The van der Waals surface area contributed by atoms with Crippen LogP contribution in [-0.2, 0) is 0 Å². The van der Waals surface area contributed by atoms with Gasteiger partial charge in [-0.2, -0.15) is 0 Å². The molecule has 0 bridgehead atoms. The average Bonchev–Trinajstić information content (AvgIpc) is 3.27. The number of rotatable bonds is 1. The quantitative estimate of drug-likeness (QED) is 0.489. The summed E-state index contributed by atoms with van der Waals surface area (Å²) in [5.41, 5.74) is 0.346. The van der Waals surface area contributed by atoms with Gasteiger partial charge in [-0.3, -0.25) is 14.0 Å². The molecule has 1 saturated heterocycles. The van der Waals surface area contributed by atoms with Gasteiger partial charge in [0.2, 0.25) is 5.43 Å². The van der Waals surface area contributed by atoms with Gasteiger partial charge in [0.1, 0.15) is 22.5 Å². The van der Waals surface area contributed by atoms with Gasteiger partial charge >= 0.3 is 0 Å². The van der Waals surface area contributed by atoms with Crippen LogP contribution in [-0.4, -0.2) is 39.6 Å². The van der Waals surface area contributed by atoms with Crippen molar-refractivity contribution in [3.63, 3.8) is 0 Å². The molecule has 0 saturated carbocycles. The molecule has 0 spiro atoms. The largest absolute Gasteiger partial charge is 0.487 e. The summed E-state index contributed by atoms with van der Waals surface area (Å²) in [6, 6.07) is 1.06. The van der Waals surface area contributed by atoms with Crippen molar-refractivity contribution in [1.82, 2.24) is 8.94 Å². The summed E-state index contributed by atoms with van der Waals surface area (Å²) < 4.78 is 25.4. The van der Waals surface area contributed by atoms with Crippen LogP contribution in [0.4, 0.5) is 10.1 Å². The number of oxime groups is 1. The number of nitrogens with zero attached hydrogens (tertiary/aromatic N) is 3. The highest BCUT2D eigenvalue weighted by Gasteiger charge is 2.32. The molecule has 2 aromatic heterocycles. The Balaban J connectivity index is 1.92. The monoisotopic (exact) mass is 390 g/mol. The van der Waals surface area contributed by atoms with Crippen molar-refractivity contribution in [2.45, 2.75) is 19.4 Å². The number of H-pyrrole nitrogens is 1. The van der Waals surface area contributed by atoms with E-state index in [2.05, 4.69) is 9.53 Å². The van der Waals surface area contributed by atoms with Crippen LogP contribution in [0.25, 0.3) is 21.1 Å². The number of hydrogen-bond acceptors (Lipinski definition) is 7. The van der Waals surface area contributed by atoms with Gasteiger partial charge in [-0.25, -0.2) is 4.39 Å². The topological polar surface area (TPSA) is 99.9 Å². The van der Waals surface area contributed by atoms with E-state index in [1.54, 1.807) is 4.90 Å². The van der Waals surface area contributed by atoms with E-state index in [4.69, 9.17) is 9.94 Å². The van der Waals surface area contributed by atoms with E-state index in [0.29, 0.717) is 34.8 Å². The number of nitrogens with one attached hydrogen (secondary N) is 1. The van der Waals surface area contributed by atoms with Gasteiger partial charge in [-0.1, -0.05) is 5.16 Å². The fourth-order valence-corrected chi connectivity index (χ4v) is 4.91. The third-order valence-corrected chi connectivity index (χ3v) is 6.09. The Morgan fingerprint density at radius 3 is 3.00 bits per heavy atom. The number of fused-ring (bicyclic) bond motifs is 2. The van der Waals surface area contributed by atoms with Gasteiger partial charge in [0.15, 0.2) is 11.6 Å². The molecule has 1 aromatic carbocycles. The fraction of sp³-hybridized carbons (Fsp3) is 0.353. The first kappa shape index (κ1) is 16.3. The standard InChI is InChI=1S/C17H15FN4O4S/c1-7-6-26-15-12-9(14(23)11-16(24)20-27-17(11)22(7)12)4-10(18)13(15)21-3-2-8(5-21)19-25/h4,7,25H,2-3,5-6H2,1H3,(H,20,24)/b19-8-/t7-/m0/s1. The SMILES string of the molecule is C[C@H]1COc2c(N3CC/C(=N/O)C3)c(F)cc3c(=O)c4c(=O)[nH]sc4n1c23. The van der Waals surface area contributed by atoms with Gasteiger partial charge < -0.3 is 19.4 Å². The zero-order valence-electron chi connectivity index (χ0n) is 14.3. The number of aromatic amines is 1. The zero-order valence-corrected chi connectivity index (χ0v) is 15.1. The molecular formula is C17H15FN4O4S. The summed E-state index contributed by atoms with van der Waals surface area (Å²) in [7, 11) is 0. The summed E-state index contributed by atoms with van der Waals surface area (Å²) >= 11 is 1.10.